The molecule has 0 aliphatic carbocycles. The van der Waals surface area contributed by atoms with Gasteiger partial charge in [0.2, 0.25) is 5.88 Å². The zero-order valence-corrected chi connectivity index (χ0v) is 12.4. The standard InChI is InChI=1S/C14H16ClN3O2/c1-9-12(14(15)18(2)17-9)7-11(19)6-10-4-5-13(20-3)16-8-10/h4-5,8H,6-7H2,1-3H3. The SMILES string of the molecule is COc1ccc(CC(=O)Cc2c(C)nn(C)c2Cl)cn1. The van der Waals surface area contributed by atoms with E-state index < -0.39 is 0 Å². The minimum atomic E-state index is 0.0787. The summed E-state index contributed by atoms with van der Waals surface area (Å²) in [6, 6.07) is 3.58. The minimum absolute atomic E-state index is 0.0787. The molecule has 0 amide bonds. The highest BCUT2D eigenvalue weighted by molar-refractivity contribution is 6.30. The maximum absolute atomic E-state index is 12.1. The van der Waals surface area contributed by atoms with Crippen molar-refractivity contribution >= 4 is 17.4 Å². The molecule has 2 rings (SSSR count). The van der Waals surface area contributed by atoms with E-state index in [0.717, 1.165) is 16.8 Å². The molecule has 0 bridgehead atoms. The lowest BCUT2D eigenvalue weighted by atomic mass is 10.0. The maximum Gasteiger partial charge on any atom is 0.212 e. The van der Waals surface area contributed by atoms with Crippen LogP contribution in [0.15, 0.2) is 18.3 Å². The summed E-state index contributed by atoms with van der Waals surface area (Å²) >= 11 is 6.12. The molecule has 6 heteroatoms. The summed E-state index contributed by atoms with van der Waals surface area (Å²) in [5.41, 5.74) is 2.44. The van der Waals surface area contributed by atoms with Crippen molar-refractivity contribution in [3.63, 3.8) is 0 Å². The Labute approximate surface area is 122 Å². The van der Waals surface area contributed by atoms with Crippen LogP contribution in [0.4, 0.5) is 0 Å². The van der Waals surface area contributed by atoms with Gasteiger partial charge in [-0.25, -0.2) is 4.98 Å². The van der Waals surface area contributed by atoms with Gasteiger partial charge in [-0.05, 0) is 12.5 Å². The van der Waals surface area contributed by atoms with Crippen molar-refractivity contribution in [1.82, 2.24) is 14.8 Å². The highest BCUT2D eigenvalue weighted by Gasteiger charge is 2.15. The molecule has 0 saturated heterocycles. The van der Waals surface area contributed by atoms with Gasteiger partial charge in [-0.2, -0.15) is 5.10 Å². The molecule has 0 atom stereocenters. The normalized spacial score (nSPS) is 10.6. The zero-order chi connectivity index (χ0) is 14.7. The van der Waals surface area contributed by atoms with Gasteiger partial charge in [-0.15, -0.1) is 0 Å². The lowest BCUT2D eigenvalue weighted by Crippen LogP contribution is -2.07. The molecule has 0 radical (unpaired) electrons. The molecule has 0 fully saturated rings. The first-order valence-electron chi connectivity index (χ1n) is 6.20. The van der Waals surface area contributed by atoms with E-state index in [1.54, 1.807) is 31.1 Å². The van der Waals surface area contributed by atoms with E-state index in [4.69, 9.17) is 16.3 Å². The van der Waals surface area contributed by atoms with Crippen molar-refractivity contribution in [2.24, 2.45) is 7.05 Å². The number of carbonyl (C=O) groups is 1. The van der Waals surface area contributed by atoms with E-state index in [1.807, 2.05) is 13.0 Å². The van der Waals surface area contributed by atoms with Gasteiger partial charge in [-0.3, -0.25) is 9.48 Å². The fourth-order valence-electron chi connectivity index (χ4n) is 2.00. The van der Waals surface area contributed by atoms with E-state index in [1.165, 1.54) is 0 Å². The summed E-state index contributed by atoms with van der Waals surface area (Å²) in [6.45, 7) is 1.85. The van der Waals surface area contributed by atoms with E-state index in [-0.39, 0.29) is 12.2 Å². The molecule has 0 aliphatic rings. The van der Waals surface area contributed by atoms with Crippen LogP contribution in [-0.2, 0) is 24.7 Å². The molecule has 5 nitrogen and oxygen atoms in total. The minimum Gasteiger partial charge on any atom is -0.481 e. The summed E-state index contributed by atoms with van der Waals surface area (Å²) in [7, 11) is 3.32. The summed E-state index contributed by atoms with van der Waals surface area (Å²) in [5.74, 6) is 0.613. The van der Waals surface area contributed by atoms with Gasteiger partial charge < -0.3 is 4.74 Å². The number of ketones is 1. The van der Waals surface area contributed by atoms with Crippen molar-refractivity contribution in [3.05, 3.63) is 40.3 Å². The number of methoxy groups -OCH3 is 1. The molecule has 0 aliphatic heterocycles. The molecule has 0 aromatic carbocycles. The van der Waals surface area contributed by atoms with Crippen LogP contribution in [0.5, 0.6) is 5.88 Å². The van der Waals surface area contributed by atoms with Crippen LogP contribution in [0, 0.1) is 6.92 Å². The highest BCUT2D eigenvalue weighted by Crippen LogP contribution is 2.20. The number of aromatic nitrogens is 3. The van der Waals surface area contributed by atoms with Gasteiger partial charge in [0.1, 0.15) is 10.9 Å². The molecular weight excluding hydrogens is 278 g/mol. The zero-order valence-electron chi connectivity index (χ0n) is 11.7. The smallest absolute Gasteiger partial charge is 0.212 e. The third-order valence-corrected chi connectivity index (χ3v) is 3.52. The third kappa shape index (κ3) is 3.17. The molecular formula is C14H16ClN3O2. The van der Waals surface area contributed by atoms with Gasteiger partial charge in [0, 0.05) is 37.7 Å². The van der Waals surface area contributed by atoms with Gasteiger partial charge >= 0.3 is 0 Å². The summed E-state index contributed by atoms with van der Waals surface area (Å²) in [4.78, 5) is 16.2. The molecule has 2 aromatic rings. The summed E-state index contributed by atoms with van der Waals surface area (Å²) in [5, 5.41) is 4.71. The molecule has 2 aromatic heterocycles. The monoisotopic (exact) mass is 293 g/mol. The van der Waals surface area contributed by atoms with Crippen molar-refractivity contribution in [3.8, 4) is 5.88 Å². The predicted octanol–water partition coefficient (Wildman–Crippen LogP) is 2.14. The van der Waals surface area contributed by atoms with Crippen LogP contribution in [0.3, 0.4) is 0 Å². The van der Waals surface area contributed by atoms with Gasteiger partial charge in [-0.1, -0.05) is 17.7 Å². The number of hydrogen-bond donors (Lipinski definition) is 0. The number of hydrogen-bond acceptors (Lipinski definition) is 4. The second-order valence-corrected chi connectivity index (χ2v) is 4.94. The largest absolute Gasteiger partial charge is 0.481 e. The average Bonchev–Trinajstić information content (AvgIpc) is 2.66. The number of halogens is 1. The third-order valence-electron chi connectivity index (χ3n) is 3.05. The Morgan fingerprint density at radius 2 is 2.15 bits per heavy atom. The van der Waals surface area contributed by atoms with Crippen LogP contribution in [0.1, 0.15) is 16.8 Å². The van der Waals surface area contributed by atoms with Crippen molar-refractivity contribution < 1.29 is 9.53 Å². The Balaban J connectivity index is 2.05. The Morgan fingerprint density at radius 3 is 2.65 bits per heavy atom. The number of pyridine rings is 1. The Bertz CT molecular complexity index is 620. The highest BCUT2D eigenvalue weighted by atomic mass is 35.5. The first-order chi connectivity index (χ1) is 9.51. The maximum atomic E-state index is 12.1. The van der Waals surface area contributed by atoms with Crippen molar-refractivity contribution in [2.75, 3.05) is 7.11 Å². The molecule has 2 heterocycles. The number of Topliss-reactive ketones (excluding diaryl/α,β-unsaturated/α-hetero) is 1. The van der Waals surface area contributed by atoms with E-state index in [2.05, 4.69) is 10.1 Å². The number of rotatable bonds is 5. The molecule has 0 N–H and O–H groups in total. The Hall–Kier alpha value is -1.88. The second kappa shape index (κ2) is 6.05. The Kier molecular flexibility index (Phi) is 4.39. The molecule has 106 valence electrons. The molecule has 0 unspecified atom stereocenters. The van der Waals surface area contributed by atoms with Crippen molar-refractivity contribution in [1.29, 1.82) is 0 Å². The van der Waals surface area contributed by atoms with Crippen molar-refractivity contribution in [2.45, 2.75) is 19.8 Å². The number of carbonyl (C=O) groups excluding carboxylic acids is 1. The first kappa shape index (κ1) is 14.5. The molecule has 0 spiro atoms. The number of nitrogens with zero attached hydrogens (tertiary/aromatic N) is 3. The summed E-state index contributed by atoms with van der Waals surface area (Å²) < 4.78 is 6.56. The fourth-order valence-corrected chi connectivity index (χ4v) is 2.24. The number of aryl methyl sites for hydroxylation is 2. The van der Waals surface area contributed by atoms with E-state index in [0.29, 0.717) is 17.5 Å². The second-order valence-electron chi connectivity index (χ2n) is 4.58. The molecule has 0 saturated carbocycles. The number of ether oxygens (including phenoxy) is 1. The van der Waals surface area contributed by atoms with Crippen LogP contribution in [0.2, 0.25) is 5.15 Å². The average molecular weight is 294 g/mol. The van der Waals surface area contributed by atoms with Crippen LogP contribution in [0.25, 0.3) is 0 Å². The Morgan fingerprint density at radius 1 is 1.40 bits per heavy atom. The van der Waals surface area contributed by atoms with Crippen LogP contribution >= 0.6 is 11.6 Å². The first-order valence-corrected chi connectivity index (χ1v) is 6.57. The van der Waals surface area contributed by atoms with Crippen LogP contribution in [-0.4, -0.2) is 27.7 Å². The lowest BCUT2D eigenvalue weighted by molar-refractivity contribution is -0.117. The predicted molar refractivity (Wildman–Crippen MR) is 76.2 cm³/mol. The lowest BCUT2D eigenvalue weighted by Gasteiger charge is -2.03. The van der Waals surface area contributed by atoms with Gasteiger partial charge in [0.05, 0.1) is 12.8 Å². The fraction of sp³-hybridized carbons (Fsp3) is 0.357. The quantitative estimate of drug-likeness (QED) is 0.847. The van der Waals surface area contributed by atoms with Crippen LogP contribution < -0.4 is 4.74 Å². The van der Waals surface area contributed by atoms with E-state index >= 15 is 0 Å². The topological polar surface area (TPSA) is 57.0 Å². The summed E-state index contributed by atoms with van der Waals surface area (Å²) in [6.07, 6.45) is 2.25. The van der Waals surface area contributed by atoms with Gasteiger partial charge in [0.15, 0.2) is 0 Å². The van der Waals surface area contributed by atoms with E-state index in [9.17, 15) is 4.79 Å². The molecule has 20 heavy (non-hydrogen) atoms. The van der Waals surface area contributed by atoms with Gasteiger partial charge in [0.25, 0.3) is 0 Å².